The normalized spacial score (nSPS) is 10.7. The molecule has 0 fully saturated rings. The van der Waals surface area contributed by atoms with Crippen LogP contribution < -0.4 is 5.32 Å². The zero-order valence-corrected chi connectivity index (χ0v) is 18.7. The van der Waals surface area contributed by atoms with Gasteiger partial charge in [0.05, 0.1) is 27.8 Å². The summed E-state index contributed by atoms with van der Waals surface area (Å²) in [5.41, 5.74) is 1.41. The smallest absolute Gasteiger partial charge is 0.341 e. The van der Waals surface area contributed by atoms with Crippen molar-refractivity contribution in [3.8, 4) is 0 Å². The zero-order chi connectivity index (χ0) is 21.7. The lowest BCUT2D eigenvalue weighted by Gasteiger charge is -2.09. The first kappa shape index (κ1) is 22.9. The second-order valence-corrected chi connectivity index (χ2v) is 8.15. The molecule has 2 aromatic rings. The van der Waals surface area contributed by atoms with E-state index >= 15 is 0 Å². The molecule has 2 amide bonds. The fourth-order valence-corrected chi connectivity index (χ4v) is 3.92. The molecule has 2 rings (SSSR count). The summed E-state index contributed by atoms with van der Waals surface area (Å²) >= 11 is 7.05. The minimum Gasteiger partial charge on any atom is -0.462 e. The second-order valence-electron chi connectivity index (χ2n) is 6.72. The van der Waals surface area contributed by atoms with Crippen molar-refractivity contribution in [2.45, 2.75) is 40.2 Å². The number of hydrogen-bond acceptors (Lipinski definition) is 6. The first-order valence-electron chi connectivity index (χ1n) is 9.17. The highest BCUT2D eigenvalue weighted by Crippen LogP contribution is 2.34. The Morgan fingerprint density at radius 1 is 1.31 bits per heavy atom. The summed E-state index contributed by atoms with van der Waals surface area (Å²) in [6.07, 6.45) is 2.46. The Morgan fingerprint density at radius 2 is 2.00 bits per heavy atom. The van der Waals surface area contributed by atoms with E-state index in [1.807, 2.05) is 6.92 Å². The number of esters is 1. The summed E-state index contributed by atoms with van der Waals surface area (Å²) in [5, 5.41) is 7.81. The number of ether oxygens (including phenoxy) is 1. The van der Waals surface area contributed by atoms with E-state index in [9.17, 15) is 14.4 Å². The van der Waals surface area contributed by atoms with E-state index in [4.69, 9.17) is 16.3 Å². The average molecular weight is 441 g/mol. The molecule has 0 saturated carbocycles. The Kier molecular flexibility index (Phi) is 7.80. The van der Waals surface area contributed by atoms with Gasteiger partial charge in [-0.05, 0) is 25.8 Å². The summed E-state index contributed by atoms with van der Waals surface area (Å²) in [5.74, 6) is -1.09. The highest BCUT2D eigenvalue weighted by Gasteiger charge is 2.27. The molecular formula is C19H25ClN4O4S. The molecule has 8 nitrogen and oxygen atoms in total. The molecule has 0 unspecified atom stereocenters. The molecule has 158 valence electrons. The second kappa shape index (κ2) is 9.89. The maximum absolute atomic E-state index is 12.5. The molecule has 2 heterocycles. The van der Waals surface area contributed by atoms with Crippen molar-refractivity contribution in [2.24, 2.45) is 0 Å². The molecule has 10 heteroatoms. The third-order valence-electron chi connectivity index (χ3n) is 4.10. The number of nitrogens with one attached hydrogen (secondary N) is 1. The first-order valence-corrected chi connectivity index (χ1v) is 10.4. The Labute approximate surface area is 178 Å². The zero-order valence-electron chi connectivity index (χ0n) is 17.2. The van der Waals surface area contributed by atoms with Gasteiger partial charge in [0, 0.05) is 33.3 Å². The molecular weight excluding hydrogens is 416 g/mol. The van der Waals surface area contributed by atoms with Gasteiger partial charge in [-0.3, -0.25) is 14.3 Å². The lowest BCUT2D eigenvalue weighted by Crippen LogP contribution is -2.21. The quantitative estimate of drug-likeness (QED) is 0.634. The maximum atomic E-state index is 12.5. The van der Waals surface area contributed by atoms with Gasteiger partial charge < -0.3 is 15.0 Å². The number of nitrogens with zero attached hydrogens (tertiary/aromatic N) is 3. The van der Waals surface area contributed by atoms with Crippen LogP contribution in [0.3, 0.4) is 0 Å². The van der Waals surface area contributed by atoms with Crippen LogP contribution in [0.1, 0.15) is 51.1 Å². The average Bonchev–Trinajstić information content (AvgIpc) is 3.16. The summed E-state index contributed by atoms with van der Waals surface area (Å²) < 4.78 is 6.83. The molecule has 0 bridgehead atoms. The van der Waals surface area contributed by atoms with Gasteiger partial charge in [-0.15, -0.1) is 11.3 Å². The van der Waals surface area contributed by atoms with E-state index in [1.165, 1.54) is 4.90 Å². The fraction of sp³-hybridized carbons (Fsp3) is 0.474. The van der Waals surface area contributed by atoms with E-state index in [2.05, 4.69) is 10.4 Å². The highest BCUT2D eigenvalue weighted by molar-refractivity contribution is 7.18. The predicted octanol–water partition coefficient (Wildman–Crippen LogP) is 3.51. The van der Waals surface area contributed by atoms with Crippen LogP contribution in [-0.4, -0.2) is 53.2 Å². The number of carbonyl (C=O) groups is 3. The number of aromatic nitrogens is 2. The molecule has 0 radical (unpaired) electrons. The van der Waals surface area contributed by atoms with Crippen LogP contribution in [0.4, 0.5) is 5.00 Å². The topological polar surface area (TPSA) is 93.5 Å². The molecule has 0 aliphatic carbocycles. The van der Waals surface area contributed by atoms with E-state index in [0.717, 1.165) is 11.3 Å². The maximum Gasteiger partial charge on any atom is 0.341 e. The summed E-state index contributed by atoms with van der Waals surface area (Å²) in [7, 11) is 3.26. The minimum absolute atomic E-state index is 0.134. The van der Waals surface area contributed by atoms with Crippen molar-refractivity contribution in [2.75, 3.05) is 26.0 Å². The molecule has 0 aromatic carbocycles. The van der Waals surface area contributed by atoms with Crippen molar-refractivity contribution in [1.29, 1.82) is 0 Å². The van der Waals surface area contributed by atoms with Gasteiger partial charge in [-0.1, -0.05) is 18.5 Å². The Bertz CT molecular complexity index is 900. The van der Waals surface area contributed by atoms with Gasteiger partial charge in [0.25, 0.3) is 5.91 Å². The number of anilines is 1. The van der Waals surface area contributed by atoms with Crippen molar-refractivity contribution < 1.29 is 19.1 Å². The van der Waals surface area contributed by atoms with Crippen LogP contribution in [0.2, 0.25) is 5.02 Å². The number of aryl methyl sites for hydroxylation is 2. The van der Waals surface area contributed by atoms with Crippen LogP contribution in [0.5, 0.6) is 0 Å². The van der Waals surface area contributed by atoms with E-state index in [0.29, 0.717) is 39.1 Å². The summed E-state index contributed by atoms with van der Waals surface area (Å²) in [6.45, 7) is 5.95. The number of carbonyl (C=O) groups excluding carboxylic acids is 3. The molecule has 29 heavy (non-hydrogen) atoms. The Morgan fingerprint density at radius 3 is 2.55 bits per heavy atom. The van der Waals surface area contributed by atoms with Crippen molar-refractivity contribution in [3.63, 3.8) is 0 Å². The van der Waals surface area contributed by atoms with Crippen LogP contribution in [0.15, 0.2) is 6.20 Å². The molecule has 0 atom stereocenters. The number of hydrogen-bond donors (Lipinski definition) is 1. The van der Waals surface area contributed by atoms with E-state index in [-0.39, 0.29) is 30.4 Å². The minimum atomic E-state index is -0.553. The van der Waals surface area contributed by atoms with E-state index < -0.39 is 5.97 Å². The Balaban J connectivity index is 2.22. The largest absolute Gasteiger partial charge is 0.462 e. The molecule has 0 aliphatic rings. The molecule has 0 spiro atoms. The third-order valence-corrected chi connectivity index (χ3v) is 5.66. The third kappa shape index (κ3) is 5.57. The molecule has 0 aliphatic heterocycles. The number of amides is 2. The van der Waals surface area contributed by atoms with Crippen molar-refractivity contribution >= 4 is 45.7 Å². The lowest BCUT2D eigenvalue weighted by molar-refractivity contribution is -0.116. The van der Waals surface area contributed by atoms with Gasteiger partial charge in [0.1, 0.15) is 5.00 Å². The van der Waals surface area contributed by atoms with E-state index in [1.54, 1.807) is 38.8 Å². The van der Waals surface area contributed by atoms with Crippen molar-refractivity contribution in [3.05, 3.63) is 32.9 Å². The van der Waals surface area contributed by atoms with Crippen LogP contribution in [0.25, 0.3) is 0 Å². The van der Waals surface area contributed by atoms with Crippen molar-refractivity contribution in [1.82, 2.24) is 14.7 Å². The number of halogens is 1. The first-order chi connectivity index (χ1) is 13.6. The lowest BCUT2D eigenvalue weighted by atomic mass is 10.1. The molecule has 0 saturated heterocycles. The molecule has 1 N–H and O–H groups in total. The molecule has 2 aromatic heterocycles. The standard InChI is InChI=1S/C19H25ClN4O4S/c1-6-9-28-19(27)15-11(2)16(18(26)23(4)5)29-17(15)21-14(25)7-8-24-10-13(20)12(3)22-24/h10H,6-9H2,1-5H3,(H,21,25). The monoisotopic (exact) mass is 440 g/mol. The summed E-state index contributed by atoms with van der Waals surface area (Å²) in [4.78, 5) is 39.3. The van der Waals surface area contributed by atoms with Gasteiger partial charge >= 0.3 is 5.97 Å². The predicted molar refractivity (Wildman–Crippen MR) is 113 cm³/mol. The fourth-order valence-electron chi connectivity index (χ4n) is 2.53. The number of rotatable bonds is 8. The van der Waals surface area contributed by atoms with Gasteiger partial charge in [0.15, 0.2) is 0 Å². The Hall–Kier alpha value is -2.39. The van der Waals surface area contributed by atoms with Crippen LogP contribution in [0, 0.1) is 13.8 Å². The van der Waals surface area contributed by atoms with Gasteiger partial charge in [-0.2, -0.15) is 5.10 Å². The highest BCUT2D eigenvalue weighted by atomic mass is 35.5. The summed E-state index contributed by atoms with van der Waals surface area (Å²) in [6, 6.07) is 0. The SMILES string of the molecule is CCCOC(=O)c1c(NC(=O)CCn2cc(Cl)c(C)n2)sc(C(=O)N(C)C)c1C. The van der Waals surface area contributed by atoms with Crippen LogP contribution >= 0.6 is 22.9 Å². The van der Waals surface area contributed by atoms with Gasteiger partial charge in [0.2, 0.25) is 5.91 Å². The van der Waals surface area contributed by atoms with Crippen LogP contribution in [-0.2, 0) is 16.1 Å². The number of thiophene rings is 1. The van der Waals surface area contributed by atoms with Gasteiger partial charge in [-0.25, -0.2) is 4.79 Å².